The standard InChI is InChI=1S/C24H32N2O3/c1-3-5-6-7-17-28-22-15-11-21(12-16-22)18-25-26-24(27)19-29-23-13-9-20(8-4-2)10-14-23/h9-16,18H,3-8,17,19H2,1-2H3,(H,26,27)/b25-18+. The van der Waals surface area contributed by atoms with Crippen LogP contribution in [-0.4, -0.2) is 25.3 Å². The molecule has 2 rings (SSSR count). The summed E-state index contributed by atoms with van der Waals surface area (Å²) in [5.41, 5.74) is 4.63. The SMILES string of the molecule is CCCCCCOc1ccc(/C=N/NC(=O)COc2ccc(CCC)cc2)cc1. The first kappa shape index (κ1) is 22.5. The number of rotatable bonds is 13. The predicted octanol–water partition coefficient (Wildman–Crippen LogP) is 5.13. The number of nitrogens with zero attached hydrogens (tertiary/aromatic N) is 1. The fourth-order valence-corrected chi connectivity index (χ4v) is 2.77. The Morgan fingerprint density at radius 3 is 2.28 bits per heavy atom. The molecular formula is C24H32N2O3. The second kappa shape index (κ2) is 13.4. The quantitative estimate of drug-likeness (QED) is 0.290. The zero-order chi connectivity index (χ0) is 20.7. The average Bonchev–Trinajstić information content (AvgIpc) is 2.74. The van der Waals surface area contributed by atoms with E-state index in [9.17, 15) is 4.79 Å². The second-order valence-electron chi connectivity index (χ2n) is 6.95. The van der Waals surface area contributed by atoms with Gasteiger partial charge in [0.1, 0.15) is 11.5 Å². The summed E-state index contributed by atoms with van der Waals surface area (Å²) < 4.78 is 11.2. The van der Waals surface area contributed by atoms with E-state index in [1.54, 1.807) is 6.21 Å². The summed E-state index contributed by atoms with van der Waals surface area (Å²) in [6.07, 6.45) is 8.51. The molecule has 0 heterocycles. The molecule has 1 N–H and O–H groups in total. The molecule has 0 atom stereocenters. The number of hydrazone groups is 1. The maximum atomic E-state index is 11.9. The number of hydrogen-bond donors (Lipinski definition) is 1. The van der Waals surface area contributed by atoms with Crippen molar-refractivity contribution < 1.29 is 14.3 Å². The Labute approximate surface area is 174 Å². The molecule has 0 spiro atoms. The lowest BCUT2D eigenvalue weighted by Gasteiger charge is -2.06. The molecule has 0 aliphatic heterocycles. The molecule has 0 fully saturated rings. The normalized spacial score (nSPS) is 10.8. The van der Waals surface area contributed by atoms with Crippen LogP contribution in [0.25, 0.3) is 0 Å². The topological polar surface area (TPSA) is 59.9 Å². The van der Waals surface area contributed by atoms with Crippen LogP contribution in [0.5, 0.6) is 11.5 Å². The van der Waals surface area contributed by atoms with Crippen LogP contribution >= 0.6 is 0 Å². The van der Waals surface area contributed by atoms with Gasteiger partial charge in [-0.3, -0.25) is 4.79 Å². The van der Waals surface area contributed by atoms with Crippen molar-refractivity contribution in [2.24, 2.45) is 5.10 Å². The van der Waals surface area contributed by atoms with E-state index >= 15 is 0 Å². The van der Waals surface area contributed by atoms with Gasteiger partial charge >= 0.3 is 0 Å². The lowest BCUT2D eigenvalue weighted by atomic mass is 10.1. The molecule has 156 valence electrons. The van der Waals surface area contributed by atoms with Gasteiger partial charge in [0.2, 0.25) is 0 Å². The minimum Gasteiger partial charge on any atom is -0.494 e. The van der Waals surface area contributed by atoms with Gasteiger partial charge in [0.25, 0.3) is 5.91 Å². The molecule has 0 radical (unpaired) electrons. The molecule has 0 aliphatic rings. The number of nitrogens with one attached hydrogen (secondary N) is 1. The van der Waals surface area contributed by atoms with Crippen molar-refractivity contribution in [2.45, 2.75) is 52.4 Å². The number of aryl methyl sites for hydroxylation is 1. The number of carbonyl (C=O) groups is 1. The molecule has 1 amide bonds. The van der Waals surface area contributed by atoms with Crippen molar-refractivity contribution in [1.82, 2.24) is 5.43 Å². The molecule has 5 nitrogen and oxygen atoms in total. The minimum absolute atomic E-state index is 0.0741. The van der Waals surface area contributed by atoms with Crippen LogP contribution in [0.15, 0.2) is 53.6 Å². The highest BCUT2D eigenvalue weighted by Crippen LogP contribution is 2.13. The molecule has 0 aliphatic carbocycles. The molecule has 0 saturated heterocycles. The maximum Gasteiger partial charge on any atom is 0.277 e. The summed E-state index contributed by atoms with van der Waals surface area (Å²) in [6, 6.07) is 15.4. The Balaban J connectivity index is 1.67. The number of carbonyl (C=O) groups excluding carboxylic acids is 1. The highest BCUT2D eigenvalue weighted by molar-refractivity contribution is 5.83. The van der Waals surface area contributed by atoms with Gasteiger partial charge < -0.3 is 9.47 Å². The summed E-state index contributed by atoms with van der Waals surface area (Å²) in [5, 5.41) is 3.97. The monoisotopic (exact) mass is 396 g/mol. The van der Waals surface area contributed by atoms with E-state index in [-0.39, 0.29) is 12.5 Å². The first-order valence-corrected chi connectivity index (χ1v) is 10.5. The number of benzene rings is 2. The molecule has 0 aromatic heterocycles. The highest BCUT2D eigenvalue weighted by Gasteiger charge is 2.02. The zero-order valence-electron chi connectivity index (χ0n) is 17.5. The van der Waals surface area contributed by atoms with Crippen molar-refractivity contribution in [1.29, 1.82) is 0 Å². The van der Waals surface area contributed by atoms with Crippen LogP contribution < -0.4 is 14.9 Å². The summed E-state index contributed by atoms with van der Waals surface area (Å²) in [4.78, 5) is 11.9. The summed E-state index contributed by atoms with van der Waals surface area (Å²) >= 11 is 0. The third-order valence-electron chi connectivity index (χ3n) is 4.38. The van der Waals surface area contributed by atoms with Gasteiger partial charge in [-0.05, 0) is 60.4 Å². The average molecular weight is 397 g/mol. The largest absolute Gasteiger partial charge is 0.494 e. The summed E-state index contributed by atoms with van der Waals surface area (Å²) in [6.45, 7) is 5.01. The lowest BCUT2D eigenvalue weighted by Crippen LogP contribution is -2.24. The van der Waals surface area contributed by atoms with E-state index in [4.69, 9.17) is 9.47 Å². The van der Waals surface area contributed by atoms with E-state index < -0.39 is 0 Å². The Bertz CT molecular complexity index is 740. The van der Waals surface area contributed by atoms with Crippen LogP contribution in [0.4, 0.5) is 0 Å². The third-order valence-corrected chi connectivity index (χ3v) is 4.38. The zero-order valence-corrected chi connectivity index (χ0v) is 17.5. The number of amides is 1. The number of ether oxygens (including phenoxy) is 2. The minimum atomic E-state index is -0.300. The molecule has 0 saturated carbocycles. The molecule has 2 aromatic carbocycles. The van der Waals surface area contributed by atoms with Gasteiger partial charge in [-0.1, -0.05) is 51.7 Å². The van der Waals surface area contributed by atoms with Crippen molar-refractivity contribution in [3.05, 3.63) is 59.7 Å². The van der Waals surface area contributed by atoms with Gasteiger partial charge in [0.15, 0.2) is 6.61 Å². The van der Waals surface area contributed by atoms with E-state index in [1.165, 1.54) is 24.8 Å². The van der Waals surface area contributed by atoms with Crippen LogP contribution in [-0.2, 0) is 11.2 Å². The van der Waals surface area contributed by atoms with Gasteiger partial charge in [-0.15, -0.1) is 0 Å². The molecular weight excluding hydrogens is 364 g/mol. The van der Waals surface area contributed by atoms with Crippen LogP contribution in [0.1, 0.15) is 57.1 Å². The Hall–Kier alpha value is -2.82. The van der Waals surface area contributed by atoms with Crippen molar-refractivity contribution in [3.63, 3.8) is 0 Å². The number of unbranched alkanes of at least 4 members (excludes halogenated alkanes) is 3. The van der Waals surface area contributed by atoms with Gasteiger partial charge in [0, 0.05) is 0 Å². The molecule has 0 unspecified atom stereocenters. The van der Waals surface area contributed by atoms with E-state index in [0.717, 1.165) is 37.2 Å². The van der Waals surface area contributed by atoms with Gasteiger partial charge in [0.05, 0.1) is 12.8 Å². The van der Waals surface area contributed by atoms with Crippen molar-refractivity contribution in [2.75, 3.05) is 13.2 Å². The highest BCUT2D eigenvalue weighted by atomic mass is 16.5. The fourth-order valence-electron chi connectivity index (χ4n) is 2.77. The Morgan fingerprint density at radius 2 is 1.59 bits per heavy atom. The lowest BCUT2D eigenvalue weighted by molar-refractivity contribution is -0.123. The van der Waals surface area contributed by atoms with Gasteiger partial charge in [-0.25, -0.2) is 5.43 Å². The summed E-state index contributed by atoms with van der Waals surface area (Å²) in [7, 11) is 0. The van der Waals surface area contributed by atoms with Crippen LogP contribution in [0, 0.1) is 0 Å². The predicted molar refractivity (Wildman–Crippen MR) is 118 cm³/mol. The van der Waals surface area contributed by atoms with Crippen molar-refractivity contribution >= 4 is 12.1 Å². The smallest absolute Gasteiger partial charge is 0.277 e. The van der Waals surface area contributed by atoms with Crippen LogP contribution in [0.3, 0.4) is 0 Å². The third kappa shape index (κ3) is 9.28. The molecule has 5 heteroatoms. The first-order chi connectivity index (χ1) is 14.2. The van der Waals surface area contributed by atoms with Crippen LogP contribution in [0.2, 0.25) is 0 Å². The van der Waals surface area contributed by atoms with E-state index in [1.807, 2.05) is 48.5 Å². The molecule has 0 bridgehead atoms. The summed E-state index contributed by atoms with van der Waals surface area (Å²) in [5.74, 6) is 1.22. The van der Waals surface area contributed by atoms with E-state index in [0.29, 0.717) is 5.75 Å². The first-order valence-electron chi connectivity index (χ1n) is 10.5. The number of hydrogen-bond acceptors (Lipinski definition) is 4. The molecule has 2 aromatic rings. The fraction of sp³-hybridized carbons (Fsp3) is 0.417. The Morgan fingerprint density at radius 1 is 0.897 bits per heavy atom. The Kier molecular flexibility index (Phi) is 10.4. The molecule has 29 heavy (non-hydrogen) atoms. The van der Waals surface area contributed by atoms with Crippen molar-refractivity contribution in [3.8, 4) is 11.5 Å². The maximum absolute atomic E-state index is 11.9. The second-order valence-corrected chi connectivity index (χ2v) is 6.95. The van der Waals surface area contributed by atoms with E-state index in [2.05, 4.69) is 24.4 Å². The van der Waals surface area contributed by atoms with Gasteiger partial charge in [-0.2, -0.15) is 5.10 Å².